The van der Waals surface area contributed by atoms with Gasteiger partial charge in [0.25, 0.3) is 5.56 Å². The SMILES string of the molecule is C=C=NCCc1c(C)nc2n(c1=O)CCCC2. The Kier molecular flexibility index (Phi) is 3.55. The average Bonchev–Trinajstić information content (AvgIpc) is 2.33. The highest BCUT2D eigenvalue weighted by Crippen LogP contribution is 2.12. The normalized spacial score (nSPS) is 13.9. The lowest BCUT2D eigenvalue weighted by atomic mass is 10.1. The predicted molar refractivity (Wildman–Crippen MR) is 67.8 cm³/mol. The zero-order valence-electron chi connectivity index (χ0n) is 10.2. The standard InChI is InChI=1S/C13H17N3O/c1-3-14-8-7-11-10(2)15-12-6-4-5-9-16(12)13(11)17/h1,4-9H2,2H3. The number of aromatic nitrogens is 2. The van der Waals surface area contributed by atoms with Gasteiger partial charge in [-0.1, -0.05) is 0 Å². The molecular weight excluding hydrogens is 214 g/mol. The van der Waals surface area contributed by atoms with Crippen LogP contribution in [0.1, 0.15) is 29.9 Å². The van der Waals surface area contributed by atoms with Gasteiger partial charge in [0.2, 0.25) is 0 Å². The van der Waals surface area contributed by atoms with Gasteiger partial charge in [-0.25, -0.2) is 9.98 Å². The number of fused-ring (bicyclic) bond motifs is 1. The number of aliphatic imine (C=N–C) groups is 1. The van der Waals surface area contributed by atoms with Gasteiger partial charge in [-0.2, -0.15) is 0 Å². The van der Waals surface area contributed by atoms with Crippen LogP contribution in [0.4, 0.5) is 0 Å². The summed E-state index contributed by atoms with van der Waals surface area (Å²) in [7, 11) is 0. The largest absolute Gasteiger partial charge is 0.296 e. The van der Waals surface area contributed by atoms with Crippen LogP contribution in [0.15, 0.2) is 16.4 Å². The van der Waals surface area contributed by atoms with E-state index in [1.807, 2.05) is 11.5 Å². The molecule has 0 aliphatic carbocycles. The van der Waals surface area contributed by atoms with Gasteiger partial charge >= 0.3 is 0 Å². The topological polar surface area (TPSA) is 47.2 Å². The molecule has 0 saturated carbocycles. The van der Waals surface area contributed by atoms with E-state index in [1.165, 1.54) is 0 Å². The Labute approximate surface area is 101 Å². The molecule has 2 heterocycles. The Balaban J connectivity index is 2.38. The molecule has 1 aromatic heterocycles. The highest BCUT2D eigenvalue weighted by atomic mass is 16.1. The van der Waals surface area contributed by atoms with Gasteiger partial charge in [0.15, 0.2) is 0 Å². The van der Waals surface area contributed by atoms with Crippen molar-refractivity contribution in [2.75, 3.05) is 6.54 Å². The first-order valence-electron chi connectivity index (χ1n) is 6.02. The molecule has 1 aliphatic heterocycles. The van der Waals surface area contributed by atoms with Gasteiger partial charge in [0, 0.05) is 24.2 Å². The molecule has 0 bridgehead atoms. The smallest absolute Gasteiger partial charge is 0.257 e. The Morgan fingerprint density at radius 2 is 2.35 bits per heavy atom. The van der Waals surface area contributed by atoms with Crippen molar-refractivity contribution in [1.29, 1.82) is 0 Å². The number of nitrogens with zero attached hydrogens (tertiary/aromatic N) is 3. The Hall–Kier alpha value is -1.67. The molecule has 4 nitrogen and oxygen atoms in total. The van der Waals surface area contributed by atoms with Crippen molar-refractivity contribution in [1.82, 2.24) is 9.55 Å². The third-order valence-electron chi connectivity index (χ3n) is 3.17. The van der Waals surface area contributed by atoms with Gasteiger partial charge in [-0.05, 0) is 38.6 Å². The van der Waals surface area contributed by atoms with E-state index in [-0.39, 0.29) is 5.56 Å². The minimum atomic E-state index is 0.117. The van der Waals surface area contributed by atoms with E-state index >= 15 is 0 Å². The number of hydrogen-bond acceptors (Lipinski definition) is 3. The van der Waals surface area contributed by atoms with Gasteiger partial charge in [0.1, 0.15) is 5.82 Å². The zero-order valence-corrected chi connectivity index (χ0v) is 10.2. The molecule has 1 aliphatic rings. The highest BCUT2D eigenvalue weighted by Gasteiger charge is 2.16. The molecule has 90 valence electrons. The molecule has 0 N–H and O–H groups in total. The van der Waals surface area contributed by atoms with Crippen LogP contribution in [0.2, 0.25) is 0 Å². The molecule has 0 amide bonds. The van der Waals surface area contributed by atoms with E-state index in [0.29, 0.717) is 13.0 Å². The van der Waals surface area contributed by atoms with Gasteiger partial charge in [0.05, 0.1) is 6.54 Å². The summed E-state index contributed by atoms with van der Waals surface area (Å²) >= 11 is 0. The summed E-state index contributed by atoms with van der Waals surface area (Å²) in [6.07, 6.45) is 3.75. The lowest BCUT2D eigenvalue weighted by molar-refractivity contribution is 0.489. The second-order valence-corrected chi connectivity index (χ2v) is 4.30. The maximum Gasteiger partial charge on any atom is 0.257 e. The monoisotopic (exact) mass is 231 g/mol. The molecule has 17 heavy (non-hydrogen) atoms. The average molecular weight is 231 g/mol. The molecule has 1 aromatic rings. The van der Waals surface area contributed by atoms with E-state index in [0.717, 1.165) is 42.9 Å². The summed E-state index contributed by atoms with van der Waals surface area (Å²) in [5, 5.41) is 0. The Bertz CT molecular complexity index is 524. The van der Waals surface area contributed by atoms with Crippen molar-refractivity contribution in [2.45, 2.75) is 39.2 Å². The molecule has 0 saturated heterocycles. The maximum atomic E-state index is 12.3. The van der Waals surface area contributed by atoms with Crippen molar-refractivity contribution < 1.29 is 0 Å². The lowest BCUT2D eigenvalue weighted by Gasteiger charge is -2.19. The van der Waals surface area contributed by atoms with E-state index in [2.05, 4.69) is 22.4 Å². The number of rotatable bonds is 3. The van der Waals surface area contributed by atoms with Crippen molar-refractivity contribution in [2.24, 2.45) is 4.99 Å². The van der Waals surface area contributed by atoms with Crippen molar-refractivity contribution >= 4 is 5.87 Å². The summed E-state index contributed by atoms with van der Waals surface area (Å²) in [6.45, 7) is 6.68. The van der Waals surface area contributed by atoms with Crippen molar-refractivity contribution in [3.63, 3.8) is 0 Å². The van der Waals surface area contributed by atoms with E-state index in [4.69, 9.17) is 0 Å². The van der Waals surface area contributed by atoms with Gasteiger partial charge in [-0.3, -0.25) is 9.36 Å². The van der Waals surface area contributed by atoms with Crippen LogP contribution in [0.25, 0.3) is 0 Å². The second kappa shape index (κ2) is 5.11. The molecule has 0 unspecified atom stereocenters. The lowest BCUT2D eigenvalue weighted by Crippen LogP contribution is -2.32. The first kappa shape index (κ1) is 11.8. The van der Waals surface area contributed by atoms with Crippen LogP contribution in [0, 0.1) is 6.92 Å². The van der Waals surface area contributed by atoms with Crippen LogP contribution < -0.4 is 5.56 Å². The summed E-state index contributed by atoms with van der Waals surface area (Å²) in [5.74, 6) is 3.42. The van der Waals surface area contributed by atoms with Crippen molar-refractivity contribution in [3.05, 3.63) is 34.0 Å². The maximum absolute atomic E-state index is 12.3. The summed E-state index contributed by atoms with van der Waals surface area (Å²) in [5.41, 5.74) is 1.75. The molecule has 0 atom stereocenters. The fourth-order valence-corrected chi connectivity index (χ4v) is 2.27. The molecule has 0 aromatic carbocycles. The number of aryl methyl sites for hydroxylation is 2. The summed E-state index contributed by atoms with van der Waals surface area (Å²) < 4.78 is 1.82. The van der Waals surface area contributed by atoms with Crippen molar-refractivity contribution in [3.8, 4) is 0 Å². The minimum absolute atomic E-state index is 0.117. The zero-order chi connectivity index (χ0) is 12.3. The van der Waals surface area contributed by atoms with Crippen LogP contribution in [-0.4, -0.2) is 22.0 Å². The van der Waals surface area contributed by atoms with Crippen LogP contribution in [0.3, 0.4) is 0 Å². The third kappa shape index (κ3) is 2.37. The van der Waals surface area contributed by atoms with E-state index < -0.39 is 0 Å². The van der Waals surface area contributed by atoms with E-state index in [9.17, 15) is 4.79 Å². The fourth-order valence-electron chi connectivity index (χ4n) is 2.27. The Morgan fingerprint density at radius 3 is 3.12 bits per heavy atom. The summed E-state index contributed by atoms with van der Waals surface area (Å²) in [4.78, 5) is 20.7. The molecule has 4 heteroatoms. The molecule has 0 radical (unpaired) electrons. The number of hydrogen-bond donors (Lipinski definition) is 0. The Morgan fingerprint density at radius 1 is 1.53 bits per heavy atom. The molecule has 0 spiro atoms. The summed E-state index contributed by atoms with van der Waals surface area (Å²) in [6, 6.07) is 0. The minimum Gasteiger partial charge on any atom is -0.296 e. The quantitative estimate of drug-likeness (QED) is 0.736. The highest BCUT2D eigenvalue weighted by molar-refractivity contribution is 5.46. The van der Waals surface area contributed by atoms with Gasteiger partial charge < -0.3 is 0 Å². The molecule has 0 fully saturated rings. The van der Waals surface area contributed by atoms with Gasteiger partial charge in [-0.15, -0.1) is 0 Å². The first-order chi connectivity index (χ1) is 8.24. The predicted octanol–water partition coefficient (Wildman–Crippen LogP) is 1.29. The first-order valence-corrected chi connectivity index (χ1v) is 6.02. The van der Waals surface area contributed by atoms with Crippen LogP contribution in [0.5, 0.6) is 0 Å². The second-order valence-electron chi connectivity index (χ2n) is 4.30. The fraction of sp³-hybridized carbons (Fsp3) is 0.538. The van der Waals surface area contributed by atoms with Crippen LogP contribution >= 0.6 is 0 Å². The molecule has 2 rings (SSSR count). The third-order valence-corrected chi connectivity index (χ3v) is 3.17. The molecular formula is C13H17N3O. The van der Waals surface area contributed by atoms with E-state index in [1.54, 1.807) is 0 Å². The van der Waals surface area contributed by atoms with Crippen LogP contribution in [-0.2, 0) is 19.4 Å².